The van der Waals surface area contributed by atoms with Gasteiger partial charge in [-0.2, -0.15) is 0 Å². The quantitative estimate of drug-likeness (QED) is 0.652. The first-order valence-electron chi connectivity index (χ1n) is 7.65. The molecule has 0 aromatic heterocycles. The van der Waals surface area contributed by atoms with Crippen LogP contribution in [0, 0.1) is 0 Å². The molecule has 1 unspecified atom stereocenters. The molecule has 1 aromatic rings. The molecule has 5 heteroatoms. The van der Waals surface area contributed by atoms with Crippen LogP contribution in [0.4, 0.5) is 0 Å². The maximum atomic E-state index is 11.6. The number of rotatable bonds is 10. The van der Waals surface area contributed by atoms with Gasteiger partial charge in [0.05, 0.1) is 13.5 Å². The number of hydrogen-bond acceptors (Lipinski definition) is 3. The third kappa shape index (κ3) is 7.67. The van der Waals surface area contributed by atoms with Crippen molar-refractivity contribution in [3.63, 3.8) is 0 Å². The van der Waals surface area contributed by atoms with Crippen LogP contribution in [0.15, 0.2) is 24.3 Å². The fourth-order valence-corrected chi connectivity index (χ4v) is 2.24. The van der Waals surface area contributed by atoms with Crippen molar-refractivity contribution < 1.29 is 19.4 Å². The van der Waals surface area contributed by atoms with Crippen molar-refractivity contribution in [2.45, 2.75) is 51.5 Å². The van der Waals surface area contributed by atoms with Crippen LogP contribution < -0.4 is 10.1 Å². The largest absolute Gasteiger partial charge is 0.497 e. The second kappa shape index (κ2) is 9.82. The highest BCUT2D eigenvalue weighted by Crippen LogP contribution is 2.14. The predicted octanol–water partition coefficient (Wildman–Crippen LogP) is 2.78. The number of carbonyl (C=O) groups excluding carboxylic acids is 1. The molecule has 0 fully saturated rings. The first-order chi connectivity index (χ1) is 10.5. The first kappa shape index (κ1) is 18.0. The number of carbonyl (C=O) groups is 2. The number of ether oxygens (including phenoxy) is 1. The van der Waals surface area contributed by atoms with Gasteiger partial charge in [-0.25, -0.2) is 0 Å². The Morgan fingerprint density at radius 2 is 1.86 bits per heavy atom. The molecule has 0 aliphatic carbocycles. The Hall–Kier alpha value is -2.04. The van der Waals surface area contributed by atoms with E-state index in [0.29, 0.717) is 6.42 Å². The second-order valence-corrected chi connectivity index (χ2v) is 5.48. The van der Waals surface area contributed by atoms with E-state index in [-0.39, 0.29) is 18.4 Å². The van der Waals surface area contributed by atoms with Crippen LogP contribution in [-0.4, -0.2) is 30.1 Å². The summed E-state index contributed by atoms with van der Waals surface area (Å²) in [4.78, 5) is 22.1. The zero-order valence-corrected chi connectivity index (χ0v) is 13.3. The van der Waals surface area contributed by atoms with Crippen molar-refractivity contribution >= 4 is 11.9 Å². The number of amides is 1. The molecule has 122 valence electrons. The summed E-state index contributed by atoms with van der Waals surface area (Å²) in [6, 6.07) is 7.70. The Morgan fingerprint density at radius 1 is 1.18 bits per heavy atom. The summed E-state index contributed by atoms with van der Waals surface area (Å²) in [5.74, 6) is -0.110. The SMILES string of the molecule is COc1ccc(CCCCCC(=O)NC(C)CC(=O)O)cc1. The topological polar surface area (TPSA) is 75.6 Å². The predicted molar refractivity (Wildman–Crippen MR) is 85.0 cm³/mol. The highest BCUT2D eigenvalue weighted by atomic mass is 16.5. The molecule has 0 saturated carbocycles. The van der Waals surface area contributed by atoms with Crippen LogP contribution in [0.5, 0.6) is 5.75 Å². The minimum absolute atomic E-state index is 0.0385. The standard InChI is InChI=1S/C17H25NO4/c1-13(12-17(20)21)18-16(19)7-5-3-4-6-14-8-10-15(22-2)11-9-14/h8-11,13H,3-7,12H2,1-2H3,(H,18,19)(H,20,21). The highest BCUT2D eigenvalue weighted by Gasteiger charge is 2.10. The fourth-order valence-electron chi connectivity index (χ4n) is 2.24. The molecule has 0 aliphatic rings. The zero-order valence-electron chi connectivity index (χ0n) is 13.3. The molecule has 5 nitrogen and oxygen atoms in total. The van der Waals surface area contributed by atoms with Gasteiger partial charge in [-0.15, -0.1) is 0 Å². The number of hydrogen-bond donors (Lipinski definition) is 2. The first-order valence-corrected chi connectivity index (χ1v) is 7.65. The van der Waals surface area contributed by atoms with Gasteiger partial charge in [0.1, 0.15) is 5.75 Å². The van der Waals surface area contributed by atoms with E-state index in [4.69, 9.17) is 9.84 Å². The smallest absolute Gasteiger partial charge is 0.305 e. The normalized spacial score (nSPS) is 11.7. The zero-order chi connectivity index (χ0) is 16.4. The molecule has 1 aromatic carbocycles. The molecule has 0 heterocycles. The number of nitrogens with one attached hydrogen (secondary N) is 1. The summed E-state index contributed by atoms with van der Waals surface area (Å²) < 4.78 is 5.11. The molecule has 1 rings (SSSR count). The van der Waals surface area contributed by atoms with E-state index in [2.05, 4.69) is 17.4 Å². The average Bonchev–Trinajstić information content (AvgIpc) is 2.46. The lowest BCUT2D eigenvalue weighted by Crippen LogP contribution is -2.33. The molecular formula is C17H25NO4. The number of aryl methyl sites for hydroxylation is 1. The third-order valence-corrected chi connectivity index (χ3v) is 3.42. The molecular weight excluding hydrogens is 282 g/mol. The minimum Gasteiger partial charge on any atom is -0.497 e. The van der Waals surface area contributed by atoms with Gasteiger partial charge in [-0.3, -0.25) is 9.59 Å². The van der Waals surface area contributed by atoms with Crippen molar-refractivity contribution in [3.8, 4) is 5.75 Å². The van der Waals surface area contributed by atoms with E-state index in [0.717, 1.165) is 31.4 Å². The van der Waals surface area contributed by atoms with Crippen LogP contribution in [0.1, 0.15) is 44.6 Å². The van der Waals surface area contributed by atoms with Crippen molar-refractivity contribution in [1.82, 2.24) is 5.32 Å². The number of unbranched alkanes of at least 4 members (excludes halogenated alkanes) is 2. The van der Waals surface area contributed by atoms with Gasteiger partial charge in [0.25, 0.3) is 0 Å². The van der Waals surface area contributed by atoms with Crippen LogP contribution in [-0.2, 0) is 16.0 Å². The van der Waals surface area contributed by atoms with Gasteiger partial charge in [0, 0.05) is 12.5 Å². The summed E-state index contributed by atoms with van der Waals surface area (Å²) in [5.41, 5.74) is 1.26. The molecule has 2 N–H and O–H groups in total. The Labute approximate surface area is 131 Å². The molecule has 0 aliphatic heterocycles. The molecule has 1 amide bonds. The van der Waals surface area contributed by atoms with Crippen molar-refractivity contribution in [2.24, 2.45) is 0 Å². The summed E-state index contributed by atoms with van der Waals surface area (Å²) >= 11 is 0. The maximum Gasteiger partial charge on any atom is 0.305 e. The Morgan fingerprint density at radius 3 is 2.45 bits per heavy atom. The average molecular weight is 307 g/mol. The summed E-state index contributed by atoms with van der Waals surface area (Å²) in [6.07, 6.45) is 4.23. The number of methoxy groups -OCH3 is 1. The van der Waals surface area contributed by atoms with E-state index < -0.39 is 5.97 Å². The second-order valence-electron chi connectivity index (χ2n) is 5.48. The van der Waals surface area contributed by atoms with E-state index in [1.807, 2.05) is 12.1 Å². The summed E-state index contributed by atoms with van der Waals surface area (Å²) in [6.45, 7) is 1.70. The van der Waals surface area contributed by atoms with E-state index in [1.165, 1.54) is 5.56 Å². The summed E-state index contributed by atoms with van der Waals surface area (Å²) in [5, 5.41) is 11.3. The molecule has 0 bridgehead atoms. The number of carboxylic acids is 1. The molecule has 0 spiro atoms. The number of aliphatic carboxylic acids is 1. The molecule has 1 atom stereocenters. The van der Waals surface area contributed by atoms with Gasteiger partial charge in [0.15, 0.2) is 0 Å². The monoisotopic (exact) mass is 307 g/mol. The third-order valence-electron chi connectivity index (χ3n) is 3.42. The van der Waals surface area contributed by atoms with Crippen molar-refractivity contribution in [1.29, 1.82) is 0 Å². The van der Waals surface area contributed by atoms with Gasteiger partial charge in [0.2, 0.25) is 5.91 Å². The molecule has 0 saturated heterocycles. The Balaban J connectivity index is 2.11. The number of carboxylic acid groups (broad SMARTS) is 1. The fraction of sp³-hybridized carbons (Fsp3) is 0.529. The minimum atomic E-state index is -0.896. The Bertz CT molecular complexity index is 470. The summed E-state index contributed by atoms with van der Waals surface area (Å²) in [7, 11) is 1.65. The van der Waals surface area contributed by atoms with Crippen LogP contribution in [0.3, 0.4) is 0 Å². The number of benzene rings is 1. The van der Waals surface area contributed by atoms with Crippen molar-refractivity contribution in [3.05, 3.63) is 29.8 Å². The van der Waals surface area contributed by atoms with Crippen LogP contribution in [0.25, 0.3) is 0 Å². The van der Waals surface area contributed by atoms with Crippen LogP contribution >= 0.6 is 0 Å². The van der Waals surface area contributed by atoms with Gasteiger partial charge in [-0.05, 0) is 43.9 Å². The lowest BCUT2D eigenvalue weighted by molar-refractivity contribution is -0.137. The molecule has 22 heavy (non-hydrogen) atoms. The van der Waals surface area contributed by atoms with E-state index in [9.17, 15) is 9.59 Å². The van der Waals surface area contributed by atoms with Crippen LogP contribution in [0.2, 0.25) is 0 Å². The molecule has 0 radical (unpaired) electrons. The van der Waals surface area contributed by atoms with Gasteiger partial charge < -0.3 is 15.2 Å². The van der Waals surface area contributed by atoms with E-state index >= 15 is 0 Å². The van der Waals surface area contributed by atoms with Crippen molar-refractivity contribution in [2.75, 3.05) is 7.11 Å². The lowest BCUT2D eigenvalue weighted by atomic mass is 10.1. The lowest BCUT2D eigenvalue weighted by Gasteiger charge is -2.11. The maximum absolute atomic E-state index is 11.6. The Kier molecular flexibility index (Phi) is 8.04. The van der Waals surface area contributed by atoms with Gasteiger partial charge in [-0.1, -0.05) is 18.6 Å². The van der Waals surface area contributed by atoms with Gasteiger partial charge >= 0.3 is 5.97 Å². The van der Waals surface area contributed by atoms with E-state index in [1.54, 1.807) is 14.0 Å². The highest BCUT2D eigenvalue weighted by molar-refractivity contribution is 5.77.